The van der Waals surface area contributed by atoms with Crippen molar-refractivity contribution in [3.63, 3.8) is 0 Å². The minimum Gasteiger partial charge on any atom is -0.302 e. The van der Waals surface area contributed by atoms with Crippen molar-refractivity contribution in [1.29, 1.82) is 0 Å². The smallest absolute Gasteiger partial charge is 0.225 e. The van der Waals surface area contributed by atoms with Gasteiger partial charge < -0.3 is 4.90 Å². The molecule has 1 aromatic heterocycles. The summed E-state index contributed by atoms with van der Waals surface area (Å²) >= 11 is 1.58. The minimum absolute atomic E-state index is 0.0520. The number of para-hydroxylation sites is 1. The zero-order chi connectivity index (χ0) is 14.5. The SMILES string of the molecule is CCN(CC)CCN(C(C)=O)c1nc2ccccc2s1. The summed E-state index contributed by atoms with van der Waals surface area (Å²) in [5.41, 5.74) is 0.960. The van der Waals surface area contributed by atoms with Crippen molar-refractivity contribution in [2.24, 2.45) is 0 Å². The summed E-state index contributed by atoms with van der Waals surface area (Å²) in [7, 11) is 0. The molecule has 0 radical (unpaired) electrons. The molecule has 0 atom stereocenters. The van der Waals surface area contributed by atoms with Gasteiger partial charge >= 0.3 is 0 Å². The van der Waals surface area contributed by atoms with Gasteiger partial charge in [-0.15, -0.1) is 0 Å². The van der Waals surface area contributed by atoms with Gasteiger partial charge in [0.2, 0.25) is 5.91 Å². The number of hydrogen-bond acceptors (Lipinski definition) is 4. The van der Waals surface area contributed by atoms with E-state index in [0.717, 1.165) is 35.0 Å². The van der Waals surface area contributed by atoms with Crippen molar-refractivity contribution in [2.45, 2.75) is 20.8 Å². The fourth-order valence-corrected chi connectivity index (χ4v) is 3.18. The number of carbonyl (C=O) groups excluding carboxylic acids is 1. The fourth-order valence-electron chi connectivity index (χ4n) is 2.14. The molecule has 0 N–H and O–H groups in total. The van der Waals surface area contributed by atoms with E-state index >= 15 is 0 Å². The lowest BCUT2D eigenvalue weighted by Crippen LogP contribution is -2.37. The number of nitrogens with zero attached hydrogens (tertiary/aromatic N) is 3. The predicted molar refractivity (Wildman–Crippen MR) is 85.4 cm³/mol. The van der Waals surface area contributed by atoms with Gasteiger partial charge in [0.1, 0.15) is 0 Å². The predicted octanol–water partition coefficient (Wildman–Crippen LogP) is 2.99. The molecule has 1 heterocycles. The lowest BCUT2D eigenvalue weighted by molar-refractivity contribution is -0.116. The van der Waals surface area contributed by atoms with Crippen LogP contribution in [0.2, 0.25) is 0 Å². The molecule has 1 aromatic carbocycles. The number of aromatic nitrogens is 1. The van der Waals surface area contributed by atoms with E-state index in [1.807, 2.05) is 24.3 Å². The Bertz CT molecular complexity index is 544. The lowest BCUT2D eigenvalue weighted by atomic mass is 10.3. The highest BCUT2D eigenvalue weighted by Gasteiger charge is 2.16. The third-order valence-electron chi connectivity index (χ3n) is 3.43. The Morgan fingerprint density at radius 2 is 1.90 bits per heavy atom. The van der Waals surface area contributed by atoms with E-state index in [9.17, 15) is 4.79 Å². The number of fused-ring (bicyclic) bond motifs is 1. The van der Waals surface area contributed by atoms with Crippen molar-refractivity contribution in [2.75, 3.05) is 31.1 Å². The van der Waals surface area contributed by atoms with Crippen LogP contribution in [0.25, 0.3) is 10.2 Å². The van der Waals surface area contributed by atoms with Crippen LogP contribution in [0.15, 0.2) is 24.3 Å². The first-order valence-corrected chi connectivity index (χ1v) is 7.83. The van der Waals surface area contributed by atoms with Crippen LogP contribution in [0.4, 0.5) is 5.13 Å². The highest BCUT2D eigenvalue weighted by atomic mass is 32.1. The summed E-state index contributed by atoms with van der Waals surface area (Å²) in [6, 6.07) is 8.00. The lowest BCUT2D eigenvalue weighted by Gasteiger charge is -2.23. The van der Waals surface area contributed by atoms with Gasteiger partial charge in [-0.05, 0) is 25.2 Å². The first-order chi connectivity index (χ1) is 9.65. The maximum absolute atomic E-state index is 11.9. The number of rotatable bonds is 6. The normalized spacial score (nSPS) is 11.2. The second kappa shape index (κ2) is 6.81. The Morgan fingerprint density at radius 3 is 2.50 bits per heavy atom. The van der Waals surface area contributed by atoms with Crippen molar-refractivity contribution in [3.8, 4) is 0 Å². The van der Waals surface area contributed by atoms with Crippen LogP contribution in [-0.2, 0) is 4.79 Å². The molecule has 1 amide bonds. The molecule has 108 valence electrons. The number of carbonyl (C=O) groups is 1. The number of likely N-dealkylation sites (N-methyl/N-ethyl adjacent to an activating group) is 1. The molecule has 0 fully saturated rings. The molecule has 2 aromatic rings. The molecular formula is C15H21N3OS. The van der Waals surface area contributed by atoms with Crippen molar-refractivity contribution < 1.29 is 4.79 Å². The molecule has 0 bridgehead atoms. The first-order valence-electron chi connectivity index (χ1n) is 7.01. The van der Waals surface area contributed by atoms with E-state index in [1.165, 1.54) is 0 Å². The van der Waals surface area contributed by atoms with E-state index in [0.29, 0.717) is 6.54 Å². The second-order valence-electron chi connectivity index (χ2n) is 4.66. The van der Waals surface area contributed by atoms with Gasteiger partial charge in [0.05, 0.1) is 10.2 Å². The molecule has 0 spiro atoms. The minimum atomic E-state index is 0.0520. The Hall–Kier alpha value is -1.46. The molecule has 0 aliphatic rings. The molecule has 0 unspecified atom stereocenters. The third kappa shape index (κ3) is 3.35. The summed E-state index contributed by atoms with van der Waals surface area (Å²) in [4.78, 5) is 20.5. The van der Waals surface area contributed by atoms with E-state index in [-0.39, 0.29) is 5.91 Å². The van der Waals surface area contributed by atoms with Crippen LogP contribution in [0.3, 0.4) is 0 Å². The fraction of sp³-hybridized carbons (Fsp3) is 0.467. The molecule has 0 saturated carbocycles. The van der Waals surface area contributed by atoms with Gasteiger partial charge in [0, 0.05) is 20.0 Å². The van der Waals surface area contributed by atoms with Gasteiger partial charge in [-0.1, -0.05) is 37.3 Å². The molecule has 4 nitrogen and oxygen atoms in total. The topological polar surface area (TPSA) is 36.4 Å². The van der Waals surface area contributed by atoms with Gasteiger partial charge in [-0.2, -0.15) is 0 Å². The van der Waals surface area contributed by atoms with E-state index < -0.39 is 0 Å². The average Bonchev–Trinajstić information content (AvgIpc) is 2.86. The Morgan fingerprint density at radius 1 is 1.20 bits per heavy atom. The van der Waals surface area contributed by atoms with Crippen LogP contribution in [0.1, 0.15) is 20.8 Å². The van der Waals surface area contributed by atoms with Gasteiger partial charge in [0.25, 0.3) is 0 Å². The van der Waals surface area contributed by atoms with Gasteiger partial charge in [-0.3, -0.25) is 9.69 Å². The van der Waals surface area contributed by atoms with Crippen molar-refractivity contribution in [3.05, 3.63) is 24.3 Å². The van der Waals surface area contributed by atoms with Gasteiger partial charge in [-0.25, -0.2) is 4.98 Å². The number of hydrogen-bond donors (Lipinski definition) is 0. The molecule has 20 heavy (non-hydrogen) atoms. The highest BCUT2D eigenvalue weighted by molar-refractivity contribution is 7.22. The molecule has 0 aliphatic carbocycles. The molecular weight excluding hydrogens is 270 g/mol. The highest BCUT2D eigenvalue weighted by Crippen LogP contribution is 2.28. The Balaban J connectivity index is 2.17. The Kier molecular flexibility index (Phi) is 5.09. The molecule has 2 rings (SSSR count). The third-order valence-corrected chi connectivity index (χ3v) is 4.49. The quantitative estimate of drug-likeness (QED) is 0.821. The molecule has 5 heteroatoms. The standard InChI is InChI=1S/C15H21N3OS/c1-4-17(5-2)10-11-18(12(3)19)15-16-13-8-6-7-9-14(13)20-15/h6-9H,4-5,10-11H2,1-3H3. The summed E-state index contributed by atoms with van der Waals surface area (Å²) < 4.78 is 1.12. The summed E-state index contributed by atoms with van der Waals surface area (Å²) in [5.74, 6) is 0.0520. The number of thiazole rings is 1. The van der Waals surface area contributed by atoms with Crippen LogP contribution >= 0.6 is 11.3 Å². The van der Waals surface area contributed by atoms with Crippen LogP contribution in [0, 0.1) is 0 Å². The molecule has 0 saturated heterocycles. The van der Waals surface area contributed by atoms with Crippen LogP contribution < -0.4 is 4.90 Å². The van der Waals surface area contributed by atoms with E-state index in [4.69, 9.17) is 0 Å². The summed E-state index contributed by atoms with van der Waals surface area (Å²) in [6.45, 7) is 9.45. The van der Waals surface area contributed by atoms with Crippen LogP contribution in [-0.4, -0.2) is 42.0 Å². The van der Waals surface area contributed by atoms with Gasteiger partial charge in [0.15, 0.2) is 5.13 Å². The second-order valence-corrected chi connectivity index (χ2v) is 5.67. The number of anilines is 1. The average molecular weight is 291 g/mol. The summed E-state index contributed by atoms with van der Waals surface area (Å²) in [5, 5.41) is 0.797. The van der Waals surface area contributed by atoms with Crippen molar-refractivity contribution >= 4 is 32.6 Å². The van der Waals surface area contributed by atoms with E-state index in [1.54, 1.807) is 23.2 Å². The number of benzene rings is 1. The van der Waals surface area contributed by atoms with Crippen molar-refractivity contribution in [1.82, 2.24) is 9.88 Å². The number of amides is 1. The van der Waals surface area contributed by atoms with Crippen LogP contribution in [0.5, 0.6) is 0 Å². The summed E-state index contributed by atoms with van der Waals surface area (Å²) in [6.07, 6.45) is 0. The molecule has 0 aliphatic heterocycles. The largest absolute Gasteiger partial charge is 0.302 e. The Labute approximate surface area is 124 Å². The maximum Gasteiger partial charge on any atom is 0.225 e. The zero-order valence-corrected chi connectivity index (χ0v) is 13.1. The van der Waals surface area contributed by atoms with E-state index in [2.05, 4.69) is 23.7 Å². The monoisotopic (exact) mass is 291 g/mol. The first kappa shape index (κ1) is 14.9. The maximum atomic E-state index is 11.9. The zero-order valence-electron chi connectivity index (χ0n) is 12.3.